The second kappa shape index (κ2) is 2.35. The third kappa shape index (κ3) is 2.07. The van der Waals surface area contributed by atoms with Crippen LogP contribution in [0.25, 0.3) is 0 Å². The van der Waals surface area contributed by atoms with Gasteiger partial charge in [0.2, 0.25) is 0 Å². The Morgan fingerprint density at radius 2 is 2.00 bits per heavy atom. The minimum Gasteiger partial charge on any atom is -0.347 e. The molecule has 5 heteroatoms. The van der Waals surface area contributed by atoms with Crippen molar-refractivity contribution in [1.29, 1.82) is 0 Å². The van der Waals surface area contributed by atoms with Gasteiger partial charge in [0.05, 0.1) is 0 Å². The Hall–Kier alpha value is -0.290. The normalized spacial score (nSPS) is 30.8. The summed E-state index contributed by atoms with van der Waals surface area (Å²) in [6.07, 6.45) is -5.90. The van der Waals surface area contributed by atoms with Gasteiger partial charge in [-0.1, -0.05) is 0 Å². The maximum absolute atomic E-state index is 11.9. The lowest BCUT2D eigenvalue weighted by atomic mass is 10.3. The largest absolute Gasteiger partial charge is 0.415 e. The van der Waals surface area contributed by atoms with Crippen molar-refractivity contribution in [2.24, 2.45) is 0 Å². The van der Waals surface area contributed by atoms with Crippen LogP contribution in [0.15, 0.2) is 0 Å². The number of halogens is 3. The predicted octanol–water partition coefficient (Wildman–Crippen LogP) is 1.27. The lowest BCUT2D eigenvalue weighted by Crippen LogP contribution is -2.33. The van der Waals surface area contributed by atoms with E-state index in [9.17, 15) is 13.2 Å². The maximum atomic E-state index is 11.9. The number of alkyl halides is 3. The van der Waals surface area contributed by atoms with Gasteiger partial charge in [-0.2, -0.15) is 13.2 Å². The van der Waals surface area contributed by atoms with E-state index < -0.39 is 18.0 Å². The highest BCUT2D eigenvalue weighted by Gasteiger charge is 2.47. The number of hydrogen-bond acceptors (Lipinski definition) is 2. The van der Waals surface area contributed by atoms with Gasteiger partial charge in [-0.05, 0) is 13.8 Å². The highest BCUT2D eigenvalue weighted by Crippen LogP contribution is 2.29. The molecule has 0 bridgehead atoms. The summed E-state index contributed by atoms with van der Waals surface area (Å²) in [5, 5.41) is 2.61. The summed E-state index contributed by atoms with van der Waals surface area (Å²) in [6, 6.07) is 0. The highest BCUT2D eigenvalue weighted by atomic mass is 19.4. The van der Waals surface area contributed by atoms with E-state index >= 15 is 0 Å². The molecule has 0 aromatic heterocycles. The summed E-state index contributed by atoms with van der Waals surface area (Å²) in [7, 11) is 0. The molecule has 1 aliphatic heterocycles. The van der Waals surface area contributed by atoms with Crippen molar-refractivity contribution in [3.05, 3.63) is 0 Å². The van der Waals surface area contributed by atoms with Gasteiger partial charge in [0, 0.05) is 6.54 Å². The number of hydrogen-bond donors (Lipinski definition) is 1. The lowest BCUT2D eigenvalue weighted by Gasteiger charge is -2.19. The van der Waals surface area contributed by atoms with Gasteiger partial charge in [-0.15, -0.1) is 0 Å². The first-order chi connectivity index (χ1) is 4.81. The van der Waals surface area contributed by atoms with Crippen molar-refractivity contribution < 1.29 is 17.9 Å². The molecule has 1 saturated heterocycles. The van der Waals surface area contributed by atoms with Crippen molar-refractivity contribution in [2.45, 2.75) is 31.9 Å². The molecule has 66 valence electrons. The van der Waals surface area contributed by atoms with Crippen LogP contribution in [-0.2, 0) is 4.74 Å². The van der Waals surface area contributed by atoms with Gasteiger partial charge in [0.1, 0.15) is 5.72 Å². The summed E-state index contributed by atoms with van der Waals surface area (Å²) in [4.78, 5) is 0. The molecule has 0 aromatic carbocycles. The second-order valence-electron chi connectivity index (χ2n) is 3.04. The van der Waals surface area contributed by atoms with Crippen LogP contribution in [0.1, 0.15) is 13.8 Å². The smallest absolute Gasteiger partial charge is 0.347 e. The second-order valence-corrected chi connectivity index (χ2v) is 3.04. The molecule has 1 rings (SSSR count). The fraction of sp³-hybridized carbons (Fsp3) is 1.00. The van der Waals surface area contributed by atoms with Gasteiger partial charge in [0.25, 0.3) is 0 Å². The summed E-state index contributed by atoms with van der Waals surface area (Å²) >= 11 is 0. The van der Waals surface area contributed by atoms with E-state index in [2.05, 4.69) is 10.1 Å². The summed E-state index contributed by atoms with van der Waals surface area (Å²) in [5.41, 5.74) is -0.847. The molecule has 1 fully saturated rings. The fourth-order valence-electron chi connectivity index (χ4n) is 0.960. The van der Waals surface area contributed by atoms with Crippen LogP contribution in [0.5, 0.6) is 0 Å². The van der Waals surface area contributed by atoms with Gasteiger partial charge in [0.15, 0.2) is 6.10 Å². The van der Waals surface area contributed by atoms with Crippen molar-refractivity contribution in [1.82, 2.24) is 5.32 Å². The molecule has 1 atom stereocenters. The predicted molar refractivity (Wildman–Crippen MR) is 33.0 cm³/mol. The Labute approximate surface area is 62.7 Å². The average molecular weight is 169 g/mol. The minimum absolute atomic E-state index is 0.156. The summed E-state index contributed by atoms with van der Waals surface area (Å²) < 4.78 is 40.5. The van der Waals surface area contributed by atoms with Crippen LogP contribution in [0, 0.1) is 0 Å². The molecule has 1 aliphatic rings. The standard InChI is InChI=1S/C6H10F3NO/c1-5(2)10-3-4(11-5)6(7,8)9/h4,10H,3H2,1-2H3/t4-/m1/s1. The molecular weight excluding hydrogens is 159 g/mol. The Balaban J connectivity index is 2.55. The Bertz CT molecular complexity index is 154. The van der Waals surface area contributed by atoms with E-state index in [1.807, 2.05) is 0 Å². The van der Waals surface area contributed by atoms with E-state index in [1.54, 1.807) is 13.8 Å². The zero-order chi connectivity index (χ0) is 8.70. The molecule has 2 nitrogen and oxygen atoms in total. The topological polar surface area (TPSA) is 21.3 Å². The summed E-state index contributed by atoms with van der Waals surface area (Å²) in [6.45, 7) is 2.98. The fourth-order valence-corrected chi connectivity index (χ4v) is 0.960. The lowest BCUT2D eigenvalue weighted by molar-refractivity contribution is -0.222. The van der Waals surface area contributed by atoms with Crippen LogP contribution in [0.3, 0.4) is 0 Å². The molecule has 0 unspecified atom stereocenters. The molecule has 0 aromatic rings. The molecule has 1 N–H and O–H groups in total. The zero-order valence-corrected chi connectivity index (χ0v) is 6.33. The summed E-state index contributed by atoms with van der Waals surface area (Å²) in [5.74, 6) is 0. The quantitative estimate of drug-likeness (QED) is 0.589. The minimum atomic E-state index is -4.25. The van der Waals surface area contributed by atoms with Crippen LogP contribution < -0.4 is 5.32 Å². The Morgan fingerprint density at radius 3 is 2.18 bits per heavy atom. The Kier molecular flexibility index (Phi) is 1.88. The van der Waals surface area contributed by atoms with Crippen molar-refractivity contribution in [3.63, 3.8) is 0 Å². The van der Waals surface area contributed by atoms with Crippen molar-refractivity contribution in [3.8, 4) is 0 Å². The molecule has 0 amide bonds. The van der Waals surface area contributed by atoms with E-state index in [-0.39, 0.29) is 6.54 Å². The Morgan fingerprint density at radius 1 is 1.45 bits per heavy atom. The number of ether oxygens (including phenoxy) is 1. The monoisotopic (exact) mass is 169 g/mol. The molecule has 0 spiro atoms. The molecule has 0 saturated carbocycles. The first-order valence-corrected chi connectivity index (χ1v) is 3.31. The van der Waals surface area contributed by atoms with E-state index in [4.69, 9.17) is 0 Å². The van der Waals surface area contributed by atoms with E-state index in [0.29, 0.717) is 0 Å². The van der Waals surface area contributed by atoms with Crippen LogP contribution in [-0.4, -0.2) is 24.6 Å². The van der Waals surface area contributed by atoms with Crippen LogP contribution in [0.4, 0.5) is 13.2 Å². The van der Waals surface area contributed by atoms with Gasteiger partial charge in [-0.25, -0.2) is 0 Å². The first-order valence-electron chi connectivity index (χ1n) is 3.31. The highest BCUT2D eigenvalue weighted by molar-refractivity contribution is 4.83. The first kappa shape index (κ1) is 8.80. The third-order valence-electron chi connectivity index (χ3n) is 1.52. The van der Waals surface area contributed by atoms with Crippen molar-refractivity contribution in [2.75, 3.05) is 6.54 Å². The molecular formula is C6H10F3NO. The molecule has 1 heterocycles. The average Bonchev–Trinajstić information content (AvgIpc) is 2.07. The van der Waals surface area contributed by atoms with Gasteiger partial charge in [-0.3, -0.25) is 5.32 Å². The third-order valence-corrected chi connectivity index (χ3v) is 1.52. The van der Waals surface area contributed by atoms with E-state index in [1.165, 1.54) is 0 Å². The van der Waals surface area contributed by atoms with Gasteiger partial charge < -0.3 is 4.74 Å². The van der Waals surface area contributed by atoms with Crippen LogP contribution >= 0.6 is 0 Å². The van der Waals surface area contributed by atoms with E-state index in [0.717, 1.165) is 0 Å². The van der Waals surface area contributed by atoms with Crippen molar-refractivity contribution >= 4 is 0 Å². The maximum Gasteiger partial charge on any atom is 0.415 e. The molecule has 11 heavy (non-hydrogen) atoms. The SMILES string of the molecule is CC1(C)NC[C@H](C(F)(F)F)O1. The molecule has 0 aliphatic carbocycles. The zero-order valence-electron chi connectivity index (χ0n) is 6.33. The number of nitrogens with one attached hydrogen (secondary N) is 1. The van der Waals surface area contributed by atoms with Crippen LogP contribution in [0.2, 0.25) is 0 Å². The van der Waals surface area contributed by atoms with Gasteiger partial charge >= 0.3 is 6.18 Å². The number of rotatable bonds is 0. The molecule has 0 radical (unpaired) electrons.